The standard InChI is InChI=1S/C13H19N3O2S/c1-10(17)14-7-4-8-15-13(19)16-11-5-3-6-12(9-11)18-2/h3,5-6,9H,4,7-8H2,1-2H3,(H,14,17)(H2,15,16,19). The Labute approximate surface area is 118 Å². The van der Waals surface area contributed by atoms with Gasteiger partial charge >= 0.3 is 0 Å². The lowest BCUT2D eigenvalue weighted by atomic mass is 10.3. The second-order valence-corrected chi connectivity index (χ2v) is 4.36. The second kappa shape index (κ2) is 8.31. The van der Waals surface area contributed by atoms with Crippen molar-refractivity contribution < 1.29 is 9.53 Å². The Balaban J connectivity index is 2.25. The first-order valence-corrected chi connectivity index (χ1v) is 6.46. The highest BCUT2D eigenvalue weighted by molar-refractivity contribution is 7.80. The zero-order valence-corrected chi connectivity index (χ0v) is 12.0. The number of thiocarbonyl (C=S) groups is 1. The van der Waals surface area contributed by atoms with Crippen LogP contribution in [0.2, 0.25) is 0 Å². The van der Waals surface area contributed by atoms with Crippen LogP contribution < -0.4 is 20.7 Å². The maximum absolute atomic E-state index is 10.7. The highest BCUT2D eigenvalue weighted by Gasteiger charge is 1.99. The van der Waals surface area contributed by atoms with Gasteiger partial charge in [-0.05, 0) is 30.8 Å². The van der Waals surface area contributed by atoms with E-state index in [0.29, 0.717) is 18.2 Å². The van der Waals surface area contributed by atoms with Crippen molar-refractivity contribution >= 4 is 28.9 Å². The SMILES string of the molecule is COc1cccc(NC(=S)NCCCNC(C)=O)c1. The molecule has 6 heteroatoms. The van der Waals surface area contributed by atoms with E-state index in [9.17, 15) is 4.79 Å². The molecule has 0 unspecified atom stereocenters. The van der Waals surface area contributed by atoms with Gasteiger partial charge in [0.15, 0.2) is 5.11 Å². The third kappa shape index (κ3) is 6.61. The molecule has 0 saturated heterocycles. The Morgan fingerprint density at radius 2 is 2.05 bits per heavy atom. The first-order valence-electron chi connectivity index (χ1n) is 6.05. The zero-order valence-electron chi connectivity index (χ0n) is 11.2. The van der Waals surface area contributed by atoms with Gasteiger partial charge in [0.2, 0.25) is 5.91 Å². The quantitative estimate of drug-likeness (QED) is 0.545. The van der Waals surface area contributed by atoms with Gasteiger partial charge in [-0.2, -0.15) is 0 Å². The predicted octanol–water partition coefficient (Wildman–Crippen LogP) is 1.51. The largest absolute Gasteiger partial charge is 0.497 e. The summed E-state index contributed by atoms with van der Waals surface area (Å²) in [5, 5.41) is 9.42. The van der Waals surface area contributed by atoms with Gasteiger partial charge in [0.25, 0.3) is 0 Å². The number of methoxy groups -OCH3 is 1. The lowest BCUT2D eigenvalue weighted by Crippen LogP contribution is -2.31. The number of carbonyl (C=O) groups excluding carboxylic acids is 1. The number of ether oxygens (including phenoxy) is 1. The van der Waals surface area contributed by atoms with Gasteiger partial charge in [0.05, 0.1) is 7.11 Å². The summed E-state index contributed by atoms with van der Waals surface area (Å²) in [6.07, 6.45) is 0.819. The highest BCUT2D eigenvalue weighted by atomic mass is 32.1. The first-order chi connectivity index (χ1) is 9.11. The Kier molecular flexibility index (Phi) is 6.67. The average Bonchev–Trinajstić information content (AvgIpc) is 2.38. The molecule has 0 atom stereocenters. The molecule has 5 nitrogen and oxygen atoms in total. The van der Waals surface area contributed by atoms with Crippen LogP contribution in [0.25, 0.3) is 0 Å². The van der Waals surface area contributed by atoms with E-state index in [1.54, 1.807) is 7.11 Å². The van der Waals surface area contributed by atoms with Crippen molar-refractivity contribution in [2.24, 2.45) is 0 Å². The van der Waals surface area contributed by atoms with E-state index in [2.05, 4.69) is 16.0 Å². The van der Waals surface area contributed by atoms with Gasteiger partial charge in [-0.3, -0.25) is 4.79 Å². The van der Waals surface area contributed by atoms with E-state index in [4.69, 9.17) is 17.0 Å². The van der Waals surface area contributed by atoms with Crippen molar-refractivity contribution in [1.29, 1.82) is 0 Å². The van der Waals surface area contributed by atoms with E-state index in [-0.39, 0.29) is 5.91 Å². The number of nitrogens with one attached hydrogen (secondary N) is 3. The molecule has 0 fully saturated rings. The zero-order chi connectivity index (χ0) is 14.1. The molecule has 0 spiro atoms. The van der Waals surface area contributed by atoms with Crippen molar-refractivity contribution in [3.05, 3.63) is 24.3 Å². The molecule has 0 radical (unpaired) electrons. The van der Waals surface area contributed by atoms with Gasteiger partial charge in [-0.25, -0.2) is 0 Å². The minimum absolute atomic E-state index is 0.0166. The molecule has 0 aliphatic rings. The molecular formula is C13H19N3O2S. The van der Waals surface area contributed by atoms with Crippen LogP contribution in [0.4, 0.5) is 5.69 Å². The second-order valence-electron chi connectivity index (χ2n) is 3.95. The number of carbonyl (C=O) groups is 1. The van der Waals surface area contributed by atoms with Crippen LogP contribution in [-0.4, -0.2) is 31.2 Å². The monoisotopic (exact) mass is 281 g/mol. The van der Waals surface area contributed by atoms with Gasteiger partial charge in [-0.15, -0.1) is 0 Å². The Morgan fingerprint density at radius 1 is 1.32 bits per heavy atom. The number of hydrogen-bond donors (Lipinski definition) is 3. The normalized spacial score (nSPS) is 9.58. The molecule has 1 aromatic carbocycles. The minimum Gasteiger partial charge on any atom is -0.497 e. The third-order valence-corrected chi connectivity index (χ3v) is 2.59. The van der Waals surface area contributed by atoms with E-state index in [1.807, 2.05) is 24.3 Å². The number of benzene rings is 1. The maximum atomic E-state index is 10.7. The van der Waals surface area contributed by atoms with Crippen LogP contribution >= 0.6 is 12.2 Å². The fourth-order valence-corrected chi connectivity index (χ4v) is 1.65. The average molecular weight is 281 g/mol. The number of amides is 1. The van der Waals surface area contributed by atoms with Crippen molar-refractivity contribution in [2.45, 2.75) is 13.3 Å². The van der Waals surface area contributed by atoms with Gasteiger partial charge < -0.3 is 20.7 Å². The highest BCUT2D eigenvalue weighted by Crippen LogP contribution is 2.16. The molecular weight excluding hydrogens is 262 g/mol. The van der Waals surface area contributed by atoms with E-state index >= 15 is 0 Å². The summed E-state index contributed by atoms with van der Waals surface area (Å²) in [6, 6.07) is 7.54. The fourth-order valence-electron chi connectivity index (χ4n) is 1.43. The lowest BCUT2D eigenvalue weighted by Gasteiger charge is -2.11. The van der Waals surface area contributed by atoms with Crippen LogP contribution in [0.3, 0.4) is 0 Å². The summed E-state index contributed by atoms with van der Waals surface area (Å²) in [4.78, 5) is 10.7. The minimum atomic E-state index is -0.0166. The van der Waals surface area contributed by atoms with Crippen LogP contribution in [0, 0.1) is 0 Å². The molecule has 0 aliphatic heterocycles. The molecule has 19 heavy (non-hydrogen) atoms. The predicted molar refractivity (Wildman–Crippen MR) is 80.5 cm³/mol. The Hall–Kier alpha value is -1.82. The topological polar surface area (TPSA) is 62.4 Å². The third-order valence-electron chi connectivity index (χ3n) is 2.34. The summed E-state index contributed by atoms with van der Waals surface area (Å²) in [5.41, 5.74) is 0.874. The van der Waals surface area contributed by atoms with Crippen LogP contribution in [-0.2, 0) is 4.79 Å². The molecule has 0 saturated carbocycles. The summed E-state index contributed by atoms with van der Waals surface area (Å²) in [7, 11) is 1.62. The van der Waals surface area contributed by atoms with Crippen molar-refractivity contribution in [1.82, 2.24) is 10.6 Å². The molecule has 0 aliphatic carbocycles. The molecule has 0 bridgehead atoms. The molecule has 3 N–H and O–H groups in total. The van der Waals surface area contributed by atoms with E-state index in [0.717, 1.165) is 17.9 Å². The Bertz CT molecular complexity index is 438. The fraction of sp³-hybridized carbons (Fsp3) is 0.385. The summed E-state index contributed by atoms with van der Waals surface area (Å²) >= 11 is 5.17. The van der Waals surface area contributed by atoms with Crippen molar-refractivity contribution in [2.75, 3.05) is 25.5 Å². The summed E-state index contributed by atoms with van der Waals surface area (Å²) in [5.74, 6) is 0.760. The maximum Gasteiger partial charge on any atom is 0.216 e. The summed E-state index contributed by atoms with van der Waals surface area (Å²) < 4.78 is 5.13. The van der Waals surface area contributed by atoms with Gasteiger partial charge in [0, 0.05) is 31.8 Å². The van der Waals surface area contributed by atoms with Crippen LogP contribution in [0.15, 0.2) is 24.3 Å². The number of hydrogen-bond acceptors (Lipinski definition) is 3. The van der Waals surface area contributed by atoms with E-state index < -0.39 is 0 Å². The Morgan fingerprint density at radius 3 is 2.74 bits per heavy atom. The van der Waals surface area contributed by atoms with Gasteiger partial charge in [0.1, 0.15) is 5.75 Å². The van der Waals surface area contributed by atoms with Crippen molar-refractivity contribution in [3.8, 4) is 5.75 Å². The van der Waals surface area contributed by atoms with E-state index in [1.165, 1.54) is 6.92 Å². The molecule has 1 aromatic rings. The molecule has 1 rings (SSSR count). The summed E-state index contributed by atoms with van der Waals surface area (Å²) in [6.45, 7) is 2.85. The molecule has 104 valence electrons. The van der Waals surface area contributed by atoms with Crippen molar-refractivity contribution in [3.63, 3.8) is 0 Å². The number of anilines is 1. The molecule has 0 aromatic heterocycles. The van der Waals surface area contributed by atoms with Crippen LogP contribution in [0.5, 0.6) is 5.75 Å². The van der Waals surface area contributed by atoms with Crippen LogP contribution in [0.1, 0.15) is 13.3 Å². The molecule has 0 heterocycles. The first kappa shape index (κ1) is 15.2. The van der Waals surface area contributed by atoms with Gasteiger partial charge in [-0.1, -0.05) is 6.07 Å². The lowest BCUT2D eigenvalue weighted by molar-refractivity contribution is -0.118. The molecule has 1 amide bonds. The smallest absolute Gasteiger partial charge is 0.216 e. The number of rotatable bonds is 6.